The van der Waals surface area contributed by atoms with Gasteiger partial charge >= 0.3 is 5.97 Å². The minimum Gasteiger partial charge on any atom is -0.459 e. The second-order valence-electron chi connectivity index (χ2n) is 9.40. The summed E-state index contributed by atoms with van der Waals surface area (Å²) >= 11 is 1.72. The van der Waals surface area contributed by atoms with E-state index in [0.717, 1.165) is 16.0 Å². The van der Waals surface area contributed by atoms with Crippen LogP contribution in [-0.4, -0.2) is 43.2 Å². The summed E-state index contributed by atoms with van der Waals surface area (Å²) in [7, 11) is 1.61. The average molecular weight is 557 g/mol. The molecule has 0 aromatic heterocycles. The van der Waals surface area contributed by atoms with E-state index >= 15 is 0 Å². The van der Waals surface area contributed by atoms with Crippen LogP contribution in [0.15, 0.2) is 126 Å². The van der Waals surface area contributed by atoms with E-state index in [0.29, 0.717) is 18.8 Å². The standard InChI is InChI=1S/C34H36O5S/c1-26(40-30-21-13-6-14-22-30)32(37-23-27-15-7-3-8-16-27)33(38-24-28-17-9-4-10-18-28)31(36-2)25-39-34(35)29-19-11-5-12-20-29/h3-22,26,31-33H,23-25H2,1-2H3. The van der Waals surface area contributed by atoms with Crippen LogP contribution in [0.5, 0.6) is 0 Å². The molecule has 0 heterocycles. The maximum absolute atomic E-state index is 12.8. The summed E-state index contributed by atoms with van der Waals surface area (Å²) in [6.07, 6.45) is -1.46. The molecule has 0 bridgehead atoms. The van der Waals surface area contributed by atoms with Crippen LogP contribution in [0.4, 0.5) is 0 Å². The molecule has 0 saturated carbocycles. The van der Waals surface area contributed by atoms with Gasteiger partial charge in [-0.15, -0.1) is 11.8 Å². The Bertz CT molecular complexity index is 1250. The second kappa shape index (κ2) is 16.0. The molecular formula is C34H36O5S. The Kier molecular flexibility index (Phi) is 11.8. The molecule has 4 aromatic carbocycles. The summed E-state index contributed by atoms with van der Waals surface area (Å²) in [4.78, 5) is 13.9. The highest BCUT2D eigenvalue weighted by molar-refractivity contribution is 8.00. The Morgan fingerprint density at radius 3 is 1.68 bits per heavy atom. The Morgan fingerprint density at radius 1 is 0.675 bits per heavy atom. The first-order chi connectivity index (χ1) is 19.6. The van der Waals surface area contributed by atoms with Crippen molar-refractivity contribution in [3.05, 3.63) is 138 Å². The maximum atomic E-state index is 12.8. The minimum atomic E-state index is -0.559. The fourth-order valence-corrected chi connectivity index (χ4v) is 5.45. The van der Waals surface area contributed by atoms with Crippen molar-refractivity contribution in [2.45, 2.75) is 48.6 Å². The largest absolute Gasteiger partial charge is 0.459 e. The summed E-state index contributed by atoms with van der Waals surface area (Å²) in [5, 5.41) is -0.00522. The molecule has 0 aliphatic heterocycles. The lowest BCUT2D eigenvalue weighted by atomic mass is 10.0. The number of hydrogen-bond acceptors (Lipinski definition) is 6. The van der Waals surface area contributed by atoms with Crippen LogP contribution < -0.4 is 0 Å². The lowest BCUT2D eigenvalue weighted by Gasteiger charge is -2.35. The molecule has 40 heavy (non-hydrogen) atoms. The average Bonchev–Trinajstić information content (AvgIpc) is 3.01. The molecule has 0 N–H and O–H groups in total. The third-order valence-electron chi connectivity index (χ3n) is 6.48. The van der Waals surface area contributed by atoms with E-state index in [4.69, 9.17) is 18.9 Å². The van der Waals surface area contributed by atoms with Crippen molar-refractivity contribution in [2.24, 2.45) is 0 Å². The number of thioether (sulfide) groups is 1. The first-order valence-electron chi connectivity index (χ1n) is 13.4. The van der Waals surface area contributed by atoms with Gasteiger partial charge < -0.3 is 18.9 Å². The van der Waals surface area contributed by atoms with Gasteiger partial charge in [0.2, 0.25) is 0 Å². The van der Waals surface area contributed by atoms with Crippen molar-refractivity contribution in [2.75, 3.05) is 13.7 Å². The number of benzene rings is 4. The van der Waals surface area contributed by atoms with Crippen LogP contribution in [0.3, 0.4) is 0 Å². The monoisotopic (exact) mass is 556 g/mol. The third-order valence-corrected chi connectivity index (χ3v) is 7.66. The molecule has 4 unspecified atom stereocenters. The van der Waals surface area contributed by atoms with Gasteiger partial charge in [-0.3, -0.25) is 0 Å². The zero-order valence-corrected chi connectivity index (χ0v) is 23.7. The predicted octanol–water partition coefficient (Wildman–Crippen LogP) is 7.21. The molecule has 0 spiro atoms. The van der Waals surface area contributed by atoms with Crippen molar-refractivity contribution < 1.29 is 23.7 Å². The number of esters is 1. The summed E-state index contributed by atoms with van der Waals surface area (Å²) in [5.41, 5.74) is 2.59. The number of carbonyl (C=O) groups is 1. The lowest BCUT2D eigenvalue weighted by Crippen LogP contribution is -2.48. The Labute approximate surface area is 241 Å². The van der Waals surface area contributed by atoms with Crippen LogP contribution in [0.25, 0.3) is 0 Å². The Balaban J connectivity index is 1.58. The molecule has 0 aliphatic rings. The molecule has 0 amide bonds. The van der Waals surface area contributed by atoms with Crippen molar-refractivity contribution in [1.82, 2.24) is 0 Å². The topological polar surface area (TPSA) is 54.0 Å². The molecule has 208 valence electrons. The van der Waals surface area contributed by atoms with Gasteiger partial charge in [0.25, 0.3) is 0 Å². The number of carbonyl (C=O) groups excluding carboxylic acids is 1. The highest BCUT2D eigenvalue weighted by Crippen LogP contribution is 2.31. The van der Waals surface area contributed by atoms with Crippen LogP contribution in [-0.2, 0) is 32.2 Å². The SMILES string of the molecule is COC(COC(=O)c1ccccc1)C(OCc1ccccc1)C(OCc1ccccc1)C(C)Sc1ccccc1. The minimum absolute atomic E-state index is 0.00522. The molecule has 4 atom stereocenters. The number of methoxy groups -OCH3 is 1. The van der Waals surface area contributed by atoms with Crippen LogP contribution >= 0.6 is 11.8 Å². The van der Waals surface area contributed by atoms with Gasteiger partial charge in [0, 0.05) is 17.3 Å². The first-order valence-corrected chi connectivity index (χ1v) is 14.3. The van der Waals surface area contributed by atoms with E-state index < -0.39 is 18.2 Å². The Morgan fingerprint density at radius 2 is 1.15 bits per heavy atom. The smallest absolute Gasteiger partial charge is 0.338 e. The molecule has 0 saturated heterocycles. The highest BCUT2D eigenvalue weighted by atomic mass is 32.2. The van der Waals surface area contributed by atoms with E-state index in [2.05, 4.69) is 19.1 Å². The molecule has 0 fully saturated rings. The molecule has 6 heteroatoms. The molecule has 4 aromatic rings. The van der Waals surface area contributed by atoms with Gasteiger partial charge in [-0.25, -0.2) is 4.79 Å². The summed E-state index contributed by atoms with van der Waals surface area (Å²) in [6, 6.07) is 39.3. The van der Waals surface area contributed by atoms with E-state index in [-0.39, 0.29) is 18.0 Å². The van der Waals surface area contributed by atoms with Crippen molar-refractivity contribution in [3.8, 4) is 0 Å². The lowest BCUT2D eigenvalue weighted by molar-refractivity contribution is -0.149. The highest BCUT2D eigenvalue weighted by Gasteiger charge is 2.37. The third kappa shape index (κ3) is 9.07. The van der Waals surface area contributed by atoms with Crippen LogP contribution in [0, 0.1) is 0 Å². The Hall–Kier alpha value is -3.42. The van der Waals surface area contributed by atoms with E-state index in [1.165, 1.54) is 0 Å². The van der Waals surface area contributed by atoms with Crippen molar-refractivity contribution in [3.63, 3.8) is 0 Å². The van der Waals surface area contributed by atoms with Crippen LogP contribution in [0.2, 0.25) is 0 Å². The van der Waals surface area contributed by atoms with Gasteiger partial charge in [-0.2, -0.15) is 0 Å². The molecule has 0 radical (unpaired) electrons. The fourth-order valence-electron chi connectivity index (χ4n) is 4.34. The first kappa shape index (κ1) is 29.6. The molecule has 4 rings (SSSR count). The van der Waals surface area contributed by atoms with Gasteiger partial charge in [-0.05, 0) is 35.4 Å². The van der Waals surface area contributed by atoms with Crippen LogP contribution in [0.1, 0.15) is 28.4 Å². The molecular weight excluding hydrogens is 520 g/mol. The number of rotatable bonds is 15. The maximum Gasteiger partial charge on any atom is 0.338 e. The zero-order valence-electron chi connectivity index (χ0n) is 22.9. The van der Waals surface area contributed by atoms with Gasteiger partial charge in [0.05, 0.1) is 24.9 Å². The normalized spacial score (nSPS) is 14.2. The predicted molar refractivity (Wildman–Crippen MR) is 159 cm³/mol. The fraction of sp³-hybridized carbons (Fsp3) is 0.265. The van der Waals surface area contributed by atoms with Gasteiger partial charge in [0.1, 0.15) is 18.8 Å². The van der Waals surface area contributed by atoms with E-state index in [1.807, 2.05) is 97.1 Å². The number of hydrogen-bond donors (Lipinski definition) is 0. The quantitative estimate of drug-likeness (QED) is 0.114. The van der Waals surface area contributed by atoms with Crippen molar-refractivity contribution >= 4 is 17.7 Å². The summed E-state index contributed by atoms with van der Waals surface area (Å²) in [6.45, 7) is 2.94. The second-order valence-corrected chi connectivity index (χ2v) is 10.8. The summed E-state index contributed by atoms with van der Waals surface area (Å²) < 4.78 is 24.8. The van der Waals surface area contributed by atoms with Crippen molar-refractivity contribution in [1.29, 1.82) is 0 Å². The zero-order chi connectivity index (χ0) is 28.0. The molecule has 5 nitrogen and oxygen atoms in total. The van der Waals surface area contributed by atoms with Gasteiger partial charge in [0.15, 0.2) is 0 Å². The summed E-state index contributed by atoms with van der Waals surface area (Å²) in [5.74, 6) is -0.405. The van der Waals surface area contributed by atoms with Gasteiger partial charge in [-0.1, -0.05) is 104 Å². The van der Waals surface area contributed by atoms with E-state index in [9.17, 15) is 4.79 Å². The van der Waals surface area contributed by atoms with E-state index in [1.54, 1.807) is 31.0 Å². The number of ether oxygens (including phenoxy) is 4. The molecule has 0 aliphatic carbocycles.